The standard InChI is InChI=1S/C12H14BrClFN5/c1-7(2)5-16-6-11-17-18-19-20(11)12-9(13)3-8(15)4-10(12)14/h3-4,7,16H,5-6H2,1-2H3. The van der Waals surface area contributed by atoms with Crippen LogP contribution in [0.4, 0.5) is 4.39 Å². The van der Waals surface area contributed by atoms with E-state index in [0.29, 0.717) is 28.4 Å². The molecule has 0 spiro atoms. The molecule has 2 aromatic rings. The number of benzene rings is 1. The monoisotopic (exact) mass is 361 g/mol. The van der Waals surface area contributed by atoms with Crippen molar-refractivity contribution in [1.82, 2.24) is 25.5 Å². The Balaban J connectivity index is 2.28. The van der Waals surface area contributed by atoms with Crippen LogP contribution in [0.2, 0.25) is 5.02 Å². The fourth-order valence-electron chi connectivity index (χ4n) is 1.70. The van der Waals surface area contributed by atoms with Crippen molar-refractivity contribution in [1.29, 1.82) is 0 Å². The van der Waals surface area contributed by atoms with E-state index in [2.05, 4.69) is 50.6 Å². The van der Waals surface area contributed by atoms with Crippen LogP contribution in [-0.2, 0) is 6.54 Å². The van der Waals surface area contributed by atoms with Gasteiger partial charge in [-0.2, -0.15) is 4.68 Å². The van der Waals surface area contributed by atoms with Gasteiger partial charge >= 0.3 is 0 Å². The fourth-order valence-corrected chi connectivity index (χ4v) is 2.70. The van der Waals surface area contributed by atoms with Gasteiger partial charge in [0, 0.05) is 4.47 Å². The van der Waals surface area contributed by atoms with Crippen molar-refractivity contribution in [2.75, 3.05) is 6.54 Å². The van der Waals surface area contributed by atoms with Crippen LogP contribution in [0.25, 0.3) is 5.69 Å². The molecule has 20 heavy (non-hydrogen) atoms. The molecule has 0 saturated carbocycles. The van der Waals surface area contributed by atoms with E-state index in [4.69, 9.17) is 11.6 Å². The molecular formula is C12H14BrClFN5. The normalized spacial score (nSPS) is 11.3. The molecule has 108 valence electrons. The zero-order chi connectivity index (χ0) is 14.7. The Kier molecular flexibility index (Phi) is 5.06. The first kappa shape index (κ1) is 15.3. The van der Waals surface area contributed by atoms with Gasteiger partial charge in [0.15, 0.2) is 5.82 Å². The molecule has 0 amide bonds. The van der Waals surface area contributed by atoms with Crippen LogP contribution in [0.3, 0.4) is 0 Å². The summed E-state index contributed by atoms with van der Waals surface area (Å²) in [5.41, 5.74) is 0.527. The Morgan fingerprint density at radius 1 is 1.45 bits per heavy atom. The minimum Gasteiger partial charge on any atom is -0.310 e. The van der Waals surface area contributed by atoms with Crippen molar-refractivity contribution in [2.24, 2.45) is 5.92 Å². The van der Waals surface area contributed by atoms with Crippen molar-refractivity contribution in [3.05, 3.63) is 33.3 Å². The number of tetrazole rings is 1. The summed E-state index contributed by atoms with van der Waals surface area (Å²) in [6, 6.07) is 2.56. The number of nitrogens with zero attached hydrogens (tertiary/aromatic N) is 4. The third kappa shape index (κ3) is 3.53. The predicted molar refractivity (Wildman–Crippen MR) is 78.4 cm³/mol. The van der Waals surface area contributed by atoms with Crippen molar-refractivity contribution < 1.29 is 4.39 Å². The molecule has 8 heteroatoms. The molecule has 0 fully saturated rings. The van der Waals surface area contributed by atoms with E-state index < -0.39 is 5.82 Å². The summed E-state index contributed by atoms with van der Waals surface area (Å²) in [5, 5.41) is 15.0. The van der Waals surface area contributed by atoms with E-state index in [-0.39, 0.29) is 5.02 Å². The van der Waals surface area contributed by atoms with Gasteiger partial charge in [-0.25, -0.2) is 4.39 Å². The number of hydrogen-bond acceptors (Lipinski definition) is 4. The molecule has 0 aliphatic heterocycles. The average Bonchev–Trinajstić information content (AvgIpc) is 2.75. The van der Waals surface area contributed by atoms with Crippen LogP contribution in [-0.4, -0.2) is 26.8 Å². The van der Waals surface area contributed by atoms with E-state index in [9.17, 15) is 4.39 Å². The van der Waals surface area contributed by atoms with Crippen LogP contribution in [0.15, 0.2) is 16.6 Å². The van der Waals surface area contributed by atoms with E-state index in [1.54, 1.807) is 0 Å². The second-order valence-corrected chi connectivity index (χ2v) is 6.01. The van der Waals surface area contributed by atoms with Crippen LogP contribution >= 0.6 is 27.5 Å². The lowest BCUT2D eigenvalue weighted by molar-refractivity contribution is 0.537. The van der Waals surface area contributed by atoms with E-state index in [1.165, 1.54) is 16.8 Å². The molecule has 1 heterocycles. The zero-order valence-electron chi connectivity index (χ0n) is 11.1. The quantitative estimate of drug-likeness (QED) is 0.888. The number of nitrogens with one attached hydrogen (secondary N) is 1. The lowest BCUT2D eigenvalue weighted by Crippen LogP contribution is -2.21. The van der Waals surface area contributed by atoms with E-state index in [0.717, 1.165) is 6.54 Å². The van der Waals surface area contributed by atoms with Crippen LogP contribution in [0.1, 0.15) is 19.7 Å². The summed E-state index contributed by atoms with van der Waals surface area (Å²) in [4.78, 5) is 0. The zero-order valence-corrected chi connectivity index (χ0v) is 13.4. The molecule has 1 aromatic heterocycles. The average molecular weight is 363 g/mol. The van der Waals surface area contributed by atoms with Crippen LogP contribution in [0, 0.1) is 11.7 Å². The number of hydrogen-bond donors (Lipinski definition) is 1. The highest BCUT2D eigenvalue weighted by Gasteiger charge is 2.15. The maximum atomic E-state index is 13.3. The third-order valence-electron chi connectivity index (χ3n) is 2.56. The fraction of sp³-hybridized carbons (Fsp3) is 0.417. The molecular weight excluding hydrogens is 349 g/mol. The number of halogens is 3. The Hall–Kier alpha value is -1.05. The van der Waals surface area contributed by atoms with Gasteiger partial charge in [0.2, 0.25) is 0 Å². The second-order valence-electron chi connectivity index (χ2n) is 4.75. The SMILES string of the molecule is CC(C)CNCc1nnnn1-c1c(Cl)cc(F)cc1Br. The highest BCUT2D eigenvalue weighted by atomic mass is 79.9. The summed E-state index contributed by atoms with van der Waals surface area (Å²) in [6.45, 7) is 5.59. The number of aromatic nitrogens is 4. The van der Waals surface area contributed by atoms with Crippen LogP contribution < -0.4 is 5.32 Å². The first-order chi connectivity index (χ1) is 9.49. The van der Waals surface area contributed by atoms with Crippen molar-refractivity contribution in [2.45, 2.75) is 20.4 Å². The smallest absolute Gasteiger partial charge is 0.170 e. The molecule has 1 N–H and O–H groups in total. The minimum atomic E-state index is -0.418. The Bertz CT molecular complexity index is 578. The summed E-state index contributed by atoms with van der Waals surface area (Å²) >= 11 is 9.36. The van der Waals surface area contributed by atoms with Crippen molar-refractivity contribution in [3.63, 3.8) is 0 Å². The third-order valence-corrected chi connectivity index (χ3v) is 3.46. The molecule has 0 bridgehead atoms. The molecule has 1 aromatic carbocycles. The molecule has 0 radical (unpaired) electrons. The van der Waals surface area contributed by atoms with Gasteiger partial charge in [0.1, 0.15) is 11.5 Å². The summed E-state index contributed by atoms with van der Waals surface area (Å²) < 4.78 is 15.3. The van der Waals surface area contributed by atoms with Gasteiger partial charge in [0.25, 0.3) is 0 Å². The molecule has 0 aliphatic carbocycles. The van der Waals surface area contributed by atoms with Gasteiger partial charge in [-0.05, 0) is 51.0 Å². The van der Waals surface area contributed by atoms with Gasteiger partial charge in [-0.3, -0.25) is 0 Å². The van der Waals surface area contributed by atoms with Gasteiger partial charge in [0.05, 0.1) is 11.6 Å². The highest BCUT2D eigenvalue weighted by molar-refractivity contribution is 9.10. The summed E-state index contributed by atoms with van der Waals surface area (Å²) in [6.07, 6.45) is 0. The van der Waals surface area contributed by atoms with E-state index >= 15 is 0 Å². The van der Waals surface area contributed by atoms with Crippen molar-refractivity contribution >= 4 is 27.5 Å². The largest absolute Gasteiger partial charge is 0.310 e. The van der Waals surface area contributed by atoms with Gasteiger partial charge in [-0.1, -0.05) is 25.4 Å². The maximum Gasteiger partial charge on any atom is 0.170 e. The molecule has 0 saturated heterocycles. The Morgan fingerprint density at radius 2 is 2.20 bits per heavy atom. The Morgan fingerprint density at radius 3 is 2.85 bits per heavy atom. The van der Waals surface area contributed by atoms with Crippen LogP contribution in [0.5, 0.6) is 0 Å². The first-order valence-electron chi connectivity index (χ1n) is 6.12. The summed E-state index contributed by atoms with van der Waals surface area (Å²) in [7, 11) is 0. The summed E-state index contributed by atoms with van der Waals surface area (Å²) in [5.74, 6) is 0.721. The Labute approximate surface area is 129 Å². The molecule has 0 atom stereocenters. The van der Waals surface area contributed by atoms with Gasteiger partial charge < -0.3 is 5.32 Å². The topological polar surface area (TPSA) is 55.6 Å². The van der Waals surface area contributed by atoms with Crippen molar-refractivity contribution in [3.8, 4) is 5.69 Å². The molecule has 0 unspecified atom stereocenters. The molecule has 0 aliphatic rings. The second kappa shape index (κ2) is 6.60. The number of rotatable bonds is 5. The minimum absolute atomic E-state index is 0.245. The van der Waals surface area contributed by atoms with Gasteiger partial charge in [-0.15, -0.1) is 5.10 Å². The lowest BCUT2D eigenvalue weighted by Gasteiger charge is -2.10. The first-order valence-corrected chi connectivity index (χ1v) is 7.29. The maximum absolute atomic E-state index is 13.3. The molecule has 5 nitrogen and oxygen atoms in total. The molecule has 2 rings (SSSR count). The van der Waals surface area contributed by atoms with E-state index in [1.807, 2.05) is 0 Å². The predicted octanol–water partition coefficient (Wildman–Crippen LogP) is 2.96. The highest BCUT2D eigenvalue weighted by Crippen LogP contribution is 2.29. The lowest BCUT2D eigenvalue weighted by atomic mass is 10.2.